The molecule has 1 aliphatic heterocycles. The Morgan fingerprint density at radius 2 is 2.00 bits per heavy atom. The monoisotopic (exact) mass is 449 g/mol. The summed E-state index contributed by atoms with van der Waals surface area (Å²) in [6, 6.07) is 3.90. The summed E-state index contributed by atoms with van der Waals surface area (Å²) in [5.74, 6) is 0.217. The van der Waals surface area contributed by atoms with E-state index in [-0.39, 0.29) is 18.1 Å². The minimum atomic E-state index is -0.527. The highest BCUT2D eigenvalue weighted by molar-refractivity contribution is 6.03. The first kappa shape index (κ1) is 22.6. The number of amides is 1. The van der Waals surface area contributed by atoms with Crippen molar-refractivity contribution in [2.24, 2.45) is 0 Å². The maximum atomic E-state index is 12.6. The minimum absolute atomic E-state index is 0.0458. The van der Waals surface area contributed by atoms with Crippen LogP contribution in [0, 0.1) is 0 Å². The van der Waals surface area contributed by atoms with Crippen molar-refractivity contribution < 1.29 is 9.53 Å². The van der Waals surface area contributed by atoms with Gasteiger partial charge < -0.3 is 24.8 Å². The Labute approximate surface area is 193 Å². The summed E-state index contributed by atoms with van der Waals surface area (Å²) < 4.78 is 7.53. The zero-order valence-corrected chi connectivity index (χ0v) is 19.9. The average Bonchev–Trinajstić information content (AvgIpc) is 3.37. The van der Waals surface area contributed by atoms with Crippen LogP contribution in [-0.4, -0.2) is 62.3 Å². The molecule has 0 aliphatic carbocycles. The number of rotatable bonds is 4. The van der Waals surface area contributed by atoms with Gasteiger partial charge in [-0.25, -0.2) is 19.7 Å². The molecule has 1 atom stereocenters. The maximum Gasteiger partial charge on any atom is 0.410 e. The zero-order valence-electron chi connectivity index (χ0n) is 19.9. The summed E-state index contributed by atoms with van der Waals surface area (Å²) in [4.78, 5) is 29.7. The van der Waals surface area contributed by atoms with E-state index in [4.69, 9.17) is 10.5 Å². The lowest BCUT2D eigenvalue weighted by Crippen LogP contribution is -2.42. The van der Waals surface area contributed by atoms with Crippen LogP contribution >= 0.6 is 0 Å². The molecule has 1 unspecified atom stereocenters. The van der Waals surface area contributed by atoms with Crippen LogP contribution in [0.2, 0.25) is 0 Å². The third-order valence-electron chi connectivity index (χ3n) is 5.76. The molecule has 0 bridgehead atoms. The van der Waals surface area contributed by atoms with E-state index in [0.717, 1.165) is 46.6 Å². The second kappa shape index (κ2) is 8.38. The number of carbonyl (C=O) groups excluding carboxylic acids is 1. The number of nitrogens with zero attached hydrogens (tertiary/aromatic N) is 6. The van der Waals surface area contributed by atoms with Crippen LogP contribution in [0.15, 0.2) is 37.3 Å². The number of nitrogen functional groups attached to an aromatic ring is 1. The number of carbonyl (C=O) groups is 1. The van der Waals surface area contributed by atoms with E-state index in [2.05, 4.69) is 26.4 Å². The maximum absolute atomic E-state index is 12.6. The Kier molecular flexibility index (Phi) is 5.73. The third kappa shape index (κ3) is 4.48. The van der Waals surface area contributed by atoms with E-state index < -0.39 is 5.60 Å². The van der Waals surface area contributed by atoms with Gasteiger partial charge in [-0.2, -0.15) is 0 Å². The number of hydrogen-bond acceptors (Lipinski definition) is 7. The van der Waals surface area contributed by atoms with Crippen molar-refractivity contribution in [1.82, 2.24) is 24.4 Å². The molecule has 2 N–H and O–H groups in total. The summed E-state index contributed by atoms with van der Waals surface area (Å²) in [6.07, 6.45) is 5.99. The summed E-state index contributed by atoms with van der Waals surface area (Å²) in [5, 5.41) is 0.971. The molecule has 0 radical (unpaired) electrons. The second-order valence-corrected chi connectivity index (χ2v) is 9.46. The first-order chi connectivity index (χ1) is 15.5. The van der Waals surface area contributed by atoms with Gasteiger partial charge in [0.15, 0.2) is 0 Å². The van der Waals surface area contributed by atoms with Crippen molar-refractivity contribution >= 4 is 34.5 Å². The lowest BCUT2D eigenvalue weighted by molar-refractivity contribution is 0.0238. The molecule has 1 saturated heterocycles. The van der Waals surface area contributed by atoms with Gasteiger partial charge in [0.25, 0.3) is 0 Å². The molecule has 3 aromatic heterocycles. The van der Waals surface area contributed by atoms with Crippen molar-refractivity contribution in [2.45, 2.75) is 45.8 Å². The molecule has 9 heteroatoms. The summed E-state index contributed by atoms with van der Waals surface area (Å²) in [6.45, 7) is 13.2. The Morgan fingerprint density at radius 1 is 1.27 bits per heavy atom. The van der Waals surface area contributed by atoms with Gasteiger partial charge >= 0.3 is 6.09 Å². The lowest BCUT2D eigenvalue weighted by atomic mass is 10.1. The minimum Gasteiger partial charge on any atom is -0.444 e. The molecule has 4 heterocycles. The molecule has 4 rings (SSSR count). The molecule has 0 saturated carbocycles. The van der Waals surface area contributed by atoms with E-state index in [9.17, 15) is 4.79 Å². The van der Waals surface area contributed by atoms with Crippen molar-refractivity contribution in [3.63, 3.8) is 0 Å². The van der Waals surface area contributed by atoms with Gasteiger partial charge in [-0.05, 0) is 46.2 Å². The van der Waals surface area contributed by atoms with E-state index >= 15 is 0 Å². The molecule has 0 aromatic carbocycles. The molecular weight excluding hydrogens is 418 g/mol. The average molecular weight is 450 g/mol. The molecule has 9 nitrogen and oxygen atoms in total. The van der Waals surface area contributed by atoms with Crippen LogP contribution in [0.1, 0.15) is 34.1 Å². The van der Waals surface area contributed by atoms with Crippen LogP contribution in [0.25, 0.3) is 28.0 Å². The Hall–Kier alpha value is -3.62. The topological polar surface area (TPSA) is 102 Å². The van der Waals surface area contributed by atoms with Crippen LogP contribution in [0.5, 0.6) is 0 Å². The fourth-order valence-corrected chi connectivity index (χ4v) is 4.17. The number of fused-ring (bicyclic) bond motifs is 1. The number of pyridine rings is 1. The number of ether oxygens (including phenoxy) is 1. The van der Waals surface area contributed by atoms with E-state index in [1.54, 1.807) is 24.3 Å². The van der Waals surface area contributed by atoms with Gasteiger partial charge in [0.2, 0.25) is 5.95 Å². The second-order valence-electron chi connectivity index (χ2n) is 9.46. The highest BCUT2D eigenvalue weighted by Crippen LogP contribution is 2.38. The zero-order chi connectivity index (χ0) is 23.9. The van der Waals surface area contributed by atoms with Crippen LogP contribution in [0.3, 0.4) is 0 Å². The van der Waals surface area contributed by atoms with E-state index in [1.807, 2.05) is 50.6 Å². The van der Waals surface area contributed by atoms with E-state index in [0.29, 0.717) is 6.54 Å². The Bertz CT molecular complexity index is 1210. The molecule has 1 amide bonds. The van der Waals surface area contributed by atoms with Crippen molar-refractivity contribution in [1.29, 1.82) is 0 Å². The number of likely N-dealkylation sites (N-methyl/N-ethyl adjacent to an activating group) is 1. The fraction of sp³-hybridized carbons (Fsp3) is 0.417. The summed E-state index contributed by atoms with van der Waals surface area (Å²) in [7, 11) is 1.80. The predicted octanol–water partition coefficient (Wildman–Crippen LogP) is 4.01. The van der Waals surface area contributed by atoms with Crippen molar-refractivity contribution in [3.8, 4) is 11.3 Å². The Morgan fingerprint density at radius 3 is 2.67 bits per heavy atom. The SMILES string of the molecule is C=C(C)n1cc(-c2ccnc(N)n2)c2c(N3CCC(N(C)C(=O)OC(C)(C)C)C3)ccnc21. The summed E-state index contributed by atoms with van der Waals surface area (Å²) >= 11 is 0. The quantitative estimate of drug-likeness (QED) is 0.642. The number of aromatic nitrogens is 4. The van der Waals surface area contributed by atoms with Crippen LogP contribution < -0.4 is 10.6 Å². The molecule has 33 heavy (non-hydrogen) atoms. The van der Waals surface area contributed by atoms with Crippen LogP contribution in [0.4, 0.5) is 16.4 Å². The molecule has 0 spiro atoms. The van der Waals surface area contributed by atoms with Crippen molar-refractivity contribution in [2.75, 3.05) is 30.8 Å². The Balaban J connectivity index is 1.72. The predicted molar refractivity (Wildman–Crippen MR) is 131 cm³/mol. The van der Waals surface area contributed by atoms with Gasteiger partial charge in [0, 0.05) is 50.0 Å². The van der Waals surface area contributed by atoms with Crippen LogP contribution in [-0.2, 0) is 4.74 Å². The highest BCUT2D eigenvalue weighted by Gasteiger charge is 2.32. The third-order valence-corrected chi connectivity index (χ3v) is 5.76. The van der Waals surface area contributed by atoms with Gasteiger partial charge in [0.05, 0.1) is 22.8 Å². The standard InChI is InChI=1S/C24H31N7O2/c1-15(2)31-14-17(18-7-10-27-22(25)28-18)20-19(8-11-26-21(20)31)30-12-9-16(13-30)29(6)23(32)33-24(3,4)5/h7-8,10-11,14,16H,1,9,12-13H2,2-6H3,(H2,25,27,28). The number of allylic oxidation sites excluding steroid dienone is 1. The van der Waals surface area contributed by atoms with E-state index in [1.165, 1.54) is 0 Å². The normalized spacial score (nSPS) is 16.3. The van der Waals surface area contributed by atoms with Gasteiger partial charge in [-0.1, -0.05) is 6.58 Å². The molecule has 1 fully saturated rings. The molecule has 174 valence electrons. The highest BCUT2D eigenvalue weighted by atomic mass is 16.6. The van der Waals surface area contributed by atoms with Gasteiger partial charge in [-0.3, -0.25) is 0 Å². The van der Waals surface area contributed by atoms with Gasteiger partial charge in [0.1, 0.15) is 11.2 Å². The number of nitrogens with two attached hydrogens (primary N) is 1. The largest absolute Gasteiger partial charge is 0.444 e. The lowest BCUT2D eigenvalue weighted by Gasteiger charge is -2.29. The first-order valence-electron chi connectivity index (χ1n) is 11.0. The van der Waals surface area contributed by atoms with Crippen molar-refractivity contribution in [3.05, 3.63) is 37.3 Å². The van der Waals surface area contributed by atoms with Gasteiger partial charge in [-0.15, -0.1) is 0 Å². The summed E-state index contributed by atoms with van der Waals surface area (Å²) in [5.41, 5.74) is 9.66. The number of hydrogen-bond donors (Lipinski definition) is 1. The molecular formula is C24H31N7O2. The number of anilines is 2. The molecule has 1 aliphatic rings. The molecule has 3 aromatic rings. The first-order valence-corrected chi connectivity index (χ1v) is 11.0. The fourth-order valence-electron chi connectivity index (χ4n) is 4.17. The smallest absolute Gasteiger partial charge is 0.410 e.